The number of nitrogens with zero attached hydrogens (tertiary/aromatic N) is 4. The monoisotopic (exact) mass is 731 g/mol. The van der Waals surface area contributed by atoms with Crippen LogP contribution >= 0.6 is 0 Å². The largest absolute Gasteiger partial charge is 0.495 e. The van der Waals surface area contributed by atoms with Crippen LogP contribution in [0.1, 0.15) is 45.6 Å². The van der Waals surface area contributed by atoms with E-state index in [0.29, 0.717) is 16.9 Å². The number of rotatable bonds is 11. The topological polar surface area (TPSA) is 158 Å². The zero-order valence-electron chi connectivity index (χ0n) is 29.4. The second-order valence-electron chi connectivity index (χ2n) is 13.2. The number of amides is 2. The fourth-order valence-corrected chi connectivity index (χ4v) is 5.73. The van der Waals surface area contributed by atoms with E-state index in [1.165, 1.54) is 42.0 Å². The Kier molecular flexibility index (Phi) is 10.9. The first-order valence-corrected chi connectivity index (χ1v) is 18.0. The number of sulfone groups is 1. The van der Waals surface area contributed by atoms with Crippen LogP contribution in [0.5, 0.6) is 5.75 Å². The normalized spacial score (nSPS) is 12.2. The van der Waals surface area contributed by atoms with E-state index < -0.39 is 34.6 Å². The summed E-state index contributed by atoms with van der Waals surface area (Å²) in [5.41, 5.74) is 2.87. The molecule has 1 atom stereocenters. The van der Waals surface area contributed by atoms with Gasteiger partial charge < -0.3 is 19.5 Å². The summed E-state index contributed by atoms with van der Waals surface area (Å²) in [4.78, 5) is 44.1. The molecule has 0 aliphatic carbocycles. The molecule has 5 rings (SSSR count). The van der Waals surface area contributed by atoms with Crippen LogP contribution in [0.3, 0.4) is 0 Å². The van der Waals surface area contributed by atoms with E-state index in [4.69, 9.17) is 14.2 Å². The minimum Gasteiger partial charge on any atom is -0.495 e. The Morgan fingerprint density at radius 2 is 1.62 bits per heavy atom. The first-order chi connectivity index (χ1) is 24.5. The van der Waals surface area contributed by atoms with Gasteiger partial charge in [0.05, 0.1) is 30.0 Å². The summed E-state index contributed by atoms with van der Waals surface area (Å²) in [7, 11) is -2.30. The molecule has 15 heteroatoms. The quantitative estimate of drug-likeness (QED) is 0.112. The molecular weight excluding hydrogens is 693 g/mol. The van der Waals surface area contributed by atoms with Gasteiger partial charge in [0.2, 0.25) is 12.7 Å². The molecule has 272 valence electrons. The number of fused-ring (bicyclic) bond motifs is 1. The van der Waals surface area contributed by atoms with Crippen LogP contribution in [0, 0.1) is 11.2 Å². The number of halogens is 1. The van der Waals surface area contributed by atoms with Gasteiger partial charge >= 0.3 is 12.1 Å². The summed E-state index contributed by atoms with van der Waals surface area (Å²) < 4.78 is 55.1. The first kappa shape index (κ1) is 37.4. The van der Waals surface area contributed by atoms with E-state index in [1.807, 2.05) is 32.9 Å². The van der Waals surface area contributed by atoms with E-state index in [-0.39, 0.29) is 45.8 Å². The van der Waals surface area contributed by atoms with Gasteiger partial charge in [0, 0.05) is 29.8 Å². The number of carbonyl (C=O) groups is 3. The Morgan fingerprint density at radius 1 is 0.942 bits per heavy atom. The smallest absolute Gasteiger partial charge is 0.424 e. The maximum Gasteiger partial charge on any atom is 0.424 e. The molecule has 0 saturated heterocycles. The molecular formula is C37H38FN5O8S. The minimum atomic E-state index is -3.62. The van der Waals surface area contributed by atoms with E-state index in [9.17, 15) is 27.2 Å². The van der Waals surface area contributed by atoms with Crippen LogP contribution in [0.15, 0.2) is 90.0 Å². The van der Waals surface area contributed by atoms with Crippen molar-refractivity contribution < 1.29 is 41.4 Å². The molecule has 13 nitrogen and oxygen atoms in total. The van der Waals surface area contributed by atoms with Crippen LogP contribution in [0.4, 0.5) is 26.5 Å². The third-order valence-corrected chi connectivity index (χ3v) is 8.96. The Balaban J connectivity index is 1.40. The fraction of sp³-hybridized carbons (Fsp3) is 0.270. The molecule has 52 heavy (non-hydrogen) atoms. The van der Waals surface area contributed by atoms with Crippen LogP contribution in [-0.4, -0.2) is 61.1 Å². The summed E-state index contributed by atoms with van der Waals surface area (Å²) in [5, 5.41) is 7.39. The number of benzene rings is 3. The molecule has 5 aromatic rings. The van der Waals surface area contributed by atoms with Gasteiger partial charge in [0.15, 0.2) is 15.5 Å². The molecule has 1 N–H and O–H groups in total. The highest BCUT2D eigenvalue weighted by atomic mass is 32.2. The van der Waals surface area contributed by atoms with Crippen molar-refractivity contribution in [3.05, 3.63) is 96.4 Å². The number of aromatic nitrogens is 3. The average Bonchev–Trinajstić information content (AvgIpc) is 3.50. The van der Waals surface area contributed by atoms with Gasteiger partial charge in [-0.15, -0.1) is 5.10 Å². The highest BCUT2D eigenvalue weighted by molar-refractivity contribution is 7.90. The van der Waals surface area contributed by atoms with Crippen molar-refractivity contribution in [3.8, 4) is 16.9 Å². The second kappa shape index (κ2) is 15.2. The van der Waals surface area contributed by atoms with E-state index in [0.717, 1.165) is 22.3 Å². The van der Waals surface area contributed by atoms with Crippen LogP contribution in [0.2, 0.25) is 0 Å². The third kappa shape index (κ3) is 9.09. The standard InChI is InChI=1S/C37H38FN5O8S/c1-23(24-7-12-27(38)13-8-24)34(45)39-28-14-9-25(10-15-28)26-11-18-32-40-35(41-42(32)21-26)43(36(46)51-22-50-33(44)20-37(2,3)4)30-17-16-29(52(6,47)48)19-31(30)49-5/h7-19,21,23H,20,22H2,1-6H3,(H,39,45). The summed E-state index contributed by atoms with van der Waals surface area (Å²) >= 11 is 0. The molecule has 0 aliphatic heterocycles. The number of hydrogen-bond acceptors (Lipinski definition) is 10. The molecule has 0 aliphatic rings. The molecule has 3 aromatic carbocycles. The van der Waals surface area contributed by atoms with Gasteiger partial charge in [-0.05, 0) is 72.0 Å². The van der Waals surface area contributed by atoms with Gasteiger partial charge in [-0.1, -0.05) is 45.0 Å². The van der Waals surface area contributed by atoms with Gasteiger partial charge in [0.1, 0.15) is 11.6 Å². The van der Waals surface area contributed by atoms with Crippen molar-refractivity contribution >= 4 is 50.8 Å². The summed E-state index contributed by atoms with van der Waals surface area (Å²) in [6, 6.07) is 20.3. The number of anilines is 3. The lowest BCUT2D eigenvalue weighted by Gasteiger charge is -2.21. The SMILES string of the molecule is COc1cc(S(C)(=O)=O)ccc1N(C(=O)OCOC(=O)CC(C)(C)C)c1nc2ccc(-c3ccc(NC(=O)C(C)c4ccc(F)cc4)cc3)cn2n1. The minimum absolute atomic E-state index is 0.0170. The fourth-order valence-electron chi connectivity index (χ4n) is 5.09. The average molecular weight is 732 g/mol. The lowest BCUT2D eigenvalue weighted by Crippen LogP contribution is -2.30. The Morgan fingerprint density at radius 3 is 2.25 bits per heavy atom. The van der Waals surface area contributed by atoms with E-state index in [1.54, 1.807) is 49.5 Å². The molecule has 2 amide bonds. The van der Waals surface area contributed by atoms with E-state index >= 15 is 0 Å². The molecule has 2 aromatic heterocycles. The predicted molar refractivity (Wildman–Crippen MR) is 192 cm³/mol. The van der Waals surface area contributed by atoms with E-state index in [2.05, 4.69) is 15.4 Å². The highest BCUT2D eigenvalue weighted by Gasteiger charge is 2.29. The lowest BCUT2D eigenvalue weighted by atomic mass is 9.93. The Labute approximate surface area is 300 Å². The van der Waals surface area contributed by atoms with Crippen molar-refractivity contribution in [2.24, 2.45) is 5.41 Å². The number of esters is 1. The third-order valence-electron chi connectivity index (χ3n) is 7.85. The van der Waals surface area contributed by atoms with Gasteiger partial charge in [-0.25, -0.2) is 27.0 Å². The number of carbonyl (C=O) groups excluding carboxylic acids is 3. The maximum atomic E-state index is 13.6. The number of ether oxygens (including phenoxy) is 3. The first-order valence-electron chi connectivity index (χ1n) is 16.1. The maximum absolute atomic E-state index is 13.6. The number of nitrogens with one attached hydrogen (secondary N) is 1. The molecule has 0 bridgehead atoms. The van der Waals surface area contributed by atoms with Crippen LogP contribution < -0.4 is 15.0 Å². The van der Waals surface area contributed by atoms with Crippen LogP contribution in [0.25, 0.3) is 16.8 Å². The molecule has 2 heterocycles. The van der Waals surface area contributed by atoms with Crippen LogP contribution in [-0.2, 0) is 28.9 Å². The van der Waals surface area contributed by atoms with Crippen molar-refractivity contribution in [1.82, 2.24) is 14.6 Å². The Hall–Kier alpha value is -5.83. The highest BCUT2D eigenvalue weighted by Crippen LogP contribution is 2.35. The lowest BCUT2D eigenvalue weighted by molar-refractivity contribution is -0.153. The number of methoxy groups -OCH3 is 1. The van der Waals surface area contributed by atoms with Gasteiger partial charge in [-0.2, -0.15) is 4.98 Å². The molecule has 1 unspecified atom stereocenters. The second-order valence-corrected chi connectivity index (χ2v) is 15.2. The van der Waals surface area contributed by atoms with Crippen molar-refractivity contribution in [1.29, 1.82) is 0 Å². The molecule has 0 radical (unpaired) electrons. The van der Waals surface area contributed by atoms with Crippen molar-refractivity contribution in [2.75, 3.05) is 30.4 Å². The molecule has 0 fully saturated rings. The van der Waals surface area contributed by atoms with Gasteiger partial charge in [-0.3, -0.25) is 9.59 Å². The van der Waals surface area contributed by atoms with Gasteiger partial charge in [0.25, 0.3) is 5.95 Å². The van der Waals surface area contributed by atoms with Crippen molar-refractivity contribution in [2.45, 2.75) is 44.9 Å². The zero-order chi connectivity index (χ0) is 37.8. The Bertz CT molecular complexity index is 2220. The van der Waals surface area contributed by atoms with Crippen molar-refractivity contribution in [3.63, 3.8) is 0 Å². The summed E-state index contributed by atoms with van der Waals surface area (Å²) in [6.07, 6.45) is 1.81. The number of hydrogen-bond donors (Lipinski definition) is 1. The zero-order valence-corrected chi connectivity index (χ0v) is 30.2. The molecule has 0 saturated carbocycles. The number of pyridine rings is 1. The predicted octanol–water partition coefficient (Wildman–Crippen LogP) is 6.90. The summed E-state index contributed by atoms with van der Waals surface area (Å²) in [6.45, 7) is 6.65. The summed E-state index contributed by atoms with van der Waals surface area (Å²) in [5.74, 6) is -1.80. The molecule has 0 spiro atoms.